The summed E-state index contributed by atoms with van der Waals surface area (Å²) in [5, 5.41) is 10.4. The van der Waals surface area contributed by atoms with Crippen molar-refractivity contribution < 1.29 is 5.11 Å². The SMILES string of the molecule is CCC(C)CCc1ccc(-n2n3c4ccccc4n23)c(O)c1. The third kappa shape index (κ3) is 1.90. The van der Waals surface area contributed by atoms with Gasteiger partial charge in [0.25, 0.3) is 0 Å². The minimum absolute atomic E-state index is 0.349. The Morgan fingerprint density at radius 2 is 1.73 bits per heavy atom. The third-order valence-electron chi connectivity index (χ3n) is 4.70. The average molecular weight is 295 g/mol. The molecule has 0 aliphatic rings. The second-order valence-electron chi connectivity index (χ2n) is 6.23. The highest BCUT2D eigenvalue weighted by Crippen LogP contribution is 2.31. The lowest BCUT2D eigenvalue weighted by Crippen LogP contribution is -1.96. The van der Waals surface area contributed by atoms with Gasteiger partial charge < -0.3 is 5.11 Å². The fraction of sp³-hybridized carbons (Fsp3) is 0.333. The third-order valence-corrected chi connectivity index (χ3v) is 4.70. The molecule has 0 fully saturated rings. The topological polar surface area (TPSA) is 34.0 Å². The number of aryl methyl sites for hydroxylation is 1. The van der Waals surface area contributed by atoms with Gasteiger partial charge in [-0.05, 0) is 48.6 Å². The Bertz CT molecular complexity index is 869. The Labute approximate surface area is 129 Å². The van der Waals surface area contributed by atoms with Gasteiger partial charge in [-0.15, -0.1) is 14.1 Å². The molecule has 4 aromatic rings. The molecule has 0 bridgehead atoms. The highest BCUT2D eigenvalue weighted by molar-refractivity contribution is 5.79. The number of para-hydroxylation sites is 2. The maximum absolute atomic E-state index is 10.4. The van der Waals surface area contributed by atoms with E-state index in [2.05, 4.69) is 41.3 Å². The van der Waals surface area contributed by atoms with Crippen molar-refractivity contribution in [2.24, 2.45) is 5.92 Å². The van der Waals surface area contributed by atoms with Crippen molar-refractivity contribution >= 4 is 11.0 Å². The van der Waals surface area contributed by atoms with Gasteiger partial charge in [0.05, 0.1) is 0 Å². The molecule has 0 saturated carbocycles. The fourth-order valence-corrected chi connectivity index (χ4v) is 3.01. The zero-order chi connectivity index (χ0) is 15.3. The molecule has 4 rings (SSSR count). The van der Waals surface area contributed by atoms with E-state index in [0.717, 1.165) is 18.0 Å². The van der Waals surface area contributed by atoms with Crippen molar-refractivity contribution in [3.8, 4) is 11.4 Å². The lowest BCUT2D eigenvalue weighted by atomic mass is 9.99. The number of phenolic OH excluding ortho intramolecular Hbond substituents is 1. The first-order chi connectivity index (χ1) is 10.7. The van der Waals surface area contributed by atoms with Crippen LogP contribution in [0.25, 0.3) is 16.7 Å². The largest absolute Gasteiger partial charge is 0.506 e. The Morgan fingerprint density at radius 1 is 1.05 bits per heavy atom. The fourth-order valence-electron chi connectivity index (χ4n) is 3.01. The molecule has 0 saturated heterocycles. The van der Waals surface area contributed by atoms with Crippen LogP contribution in [-0.2, 0) is 6.42 Å². The van der Waals surface area contributed by atoms with Crippen LogP contribution in [0.2, 0.25) is 0 Å². The molecule has 4 nitrogen and oxygen atoms in total. The summed E-state index contributed by atoms with van der Waals surface area (Å²) < 4.78 is 4.12. The van der Waals surface area contributed by atoms with E-state index in [1.54, 1.807) is 0 Å². The van der Waals surface area contributed by atoms with E-state index < -0.39 is 0 Å². The van der Waals surface area contributed by atoms with Crippen LogP contribution in [0.3, 0.4) is 0 Å². The zero-order valence-corrected chi connectivity index (χ0v) is 13.0. The Balaban J connectivity index is 1.61. The Kier molecular flexibility index (Phi) is 2.93. The van der Waals surface area contributed by atoms with Gasteiger partial charge in [0.1, 0.15) is 22.5 Å². The summed E-state index contributed by atoms with van der Waals surface area (Å²) in [5.41, 5.74) is 4.41. The molecular weight excluding hydrogens is 274 g/mol. The van der Waals surface area contributed by atoms with E-state index in [1.165, 1.54) is 29.4 Å². The summed E-state index contributed by atoms with van der Waals surface area (Å²) >= 11 is 0. The molecule has 1 N–H and O–H groups in total. The lowest BCUT2D eigenvalue weighted by Gasteiger charge is -2.08. The van der Waals surface area contributed by atoms with Crippen molar-refractivity contribution in [2.45, 2.75) is 33.1 Å². The van der Waals surface area contributed by atoms with Crippen LogP contribution >= 0.6 is 0 Å². The molecule has 4 heteroatoms. The second kappa shape index (κ2) is 4.83. The number of nitrogens with zero attached hydrogens (tertiary/aromatic N) is 3. The van der Waals surface area contributed by atoms with Gasteiger partial charge in [-0.1, -0.05) is 38.5 Å². The number of fused-ring (bicyclic) bond motifs is 4. The maximum Gasteiger partial charge on any atom is 0.143 e. The van der Waals surface area contributed by atoms with E-state index in [1.807, 2.05) is 29.1 Å². The van der Waals surface area contributed by atoms with E-state index in [9.17, 15) is 5.11 Å². The van der Waals surface area contributed by atoms with Crippen molar-refractivity contribution in [2.75, 3.05) is 0 Å². The number of phenols is 1. The number of aromatic hydroxyl groups is 1. The number of aromatic nitrogens is 3. The molecular formula is C18H21N3O. The quantitative estimate of drug-likeness (QED) is 0.591. The highest BCUT2D eigenvalue weighted by Gasteiger charge is 2.24. The van der Waals surface area contributed by atoms with Gasteiger partial charge in [-0.2, -0.15) is 0 Å². The number of hydrogen-bond acceptors (Lipinski definition) is 1. The summed E-state index contributed by atoms with van der Waals surface area (Å²) in [7, 11) is 0. The van der Waals surface area contributed by atoms with Crippen molar-refractivity contribution in [1.29, 1.82) is 0 Å². The van der Waals surface area contributed by atoms with Crippen molar-refractivity contribution in [3.05, 3.63) is 48.0 Å². The predicted molar refractivity (Wildman–Crippen MR) is 88.3 cm³/mol. The van der Waals surface area contributed by atoms with Crippen molar-refractivity contribution in [3.63, 3.8) is 0 Å². The summed E-state index contributed by atoms with van der Waals surface area (Å²) in [4.78, 5) is 2.00. The molecule has 2 aromatic carbocycles. The number of benzene rings is 2. The minimum atomic E-state index is 0.349. The summed E-state index contributed by atoms with van der Waals surface area (Å²) in [5.74, 6) is 1.08. The molecule has 0 aliphatic carbocycles. The van der Waals surface area contributed by atoms with E-state index >= 15 is 0 Å². The molecule has 0 radical (unpaired) electrons. The molecule has 0 spiro atoms. The van der Waals surface area contributed by atoms with E-state index in [-0.39, 0.29) is 0 Å². The normalized spacial score (nSPS) is 13.5. The van der Waals surface area contributed by atoms with Crippen LogP contribution in [0.1, 0.15) is 32.3 Å². The Morgan fingerprint density at radius 3 is 2.32 bits per heavy atom. The molecule has 1 atom stereocenters. The lowest BCUT2D eigenvalue weighted by molar-refractivity contribution is 0.469. The molecule has 2 heterocycles. The summed E-state index contributed by atoms with van der Waals surface area (Å²) in [6.07, 6.45) is 3.40. The molecule has 2 aromatic heterocycles. The van der Waals surface area contributed by atoms with Crippen LogP contribution in [0.5, 0.6) is 5.75 Å². The van der Waals surface area contributed by atoms with Crippen LogP contribution in [0.15, 0.2) is 42.5 Å². The van der Waals surface area contributed by atoms with Gasteiger partial charge in [-0.3, -0.25) is 0 Å². The number of rotatable bonds is 5. The van der Waals surface area contributed by atoms with Crippen molar-refractivity contribution in [1.82, 2.24) is 14.1 Å². The number of hydrogen-bond donors (Lipinski definition) is 1. The van der Waals surface area contributed by atoms with Crippen LogP contribution in [-0.4, -0.2) is 19.2 Å². The van der Waals surface area contributed by atoms with Crippen LogP contribution in [0, 0.1) is 5.92 Å². The first kappa shape index (κ1) is 13.3. The monoisotopic (exact) mass is 295 g/mol. The van der Waals surface area contributed by atoms with Crippen LogP contribution < -0.4 is 0 Å². The predicted octanol–water partition coefficient (Wildman–Crippen LogP) is 4.10. The molecule has 0 amide bonds. The second-order valence-corrected chi connectivity index (χ2v) is 6.23. The first-order valence-corrected chi connectivity index (χ1v) is 8.01. The summed E-state index contributed by atoms with van der Waals surface area (Å²) in [6, 6.07) is 14.3. The average Bonchev–Trinajstić information content (AvgIpc) is 3.18. The molecule has 0 aliphatic heterocycles. The smallest absolute Gasteiger partial charge is 0.143 e. The van der Waals surface area contributed by atoms with Gasteiger partial charge in [0, 0.05) is 0 Å². The van der Waals surface area contributed by atoms with Gasteiger partial charge in [0.15, 0.2) is 0 Å². The van der Waals surface area contributed by atoms with E-state index in [4.69, 9.17) is 0 Å². The van der Waals surface area contributed by atoms with Gasteiger partial charge in [-0.25, -0.2) is 0 Å². The van der Waals surface area contributed by atoms with Gasteiger partial charge >= 0.3 is 0 Å². The standard InChI is InChI=1S/C18H21N3O/c1-3-13(2)8-9-14-10-11-17(18(22)12-14)21-19-15-6-4-5-7-16(15)20(19)21/h4-7,10-13,22H,3,8-9H2,1-2H3. The molecule has 114 valence electrons. The zero-order valence-electron chi connectivity index (χ0n) is 13.0. The highest BCUT2D eigenvalue weighted by atomic mass is 16.3. The molecule has 22 heavy (non-hydrogen) atoms. The Hall–Kier alpha value is -2.36. The minimum Gasteiger partial charge on any atom is -0.506 e. The first-order valence-electron chi connectivity index (χ1n) is 8.01. The van der Waals surface area contributed by atoms with Gasteiger partial charge in [0.2, 0.25) is 0 Å². The van der Waals surface area contributed by atoms with E-state index in [0.29, 0.717) is 5.75 Å². The van der Waals surface area contributed by atoms with Crippen LogP contribution in [0.4, 0.5) is 0 Å². The molecule has 1 unspecified atom stereocenters. The maximum atomic E-state index is 10.4. The summed E-state index contributed by atoms with van der Waals surface area (Å²) in [6.45, 7) is 4.50.